The van der Waals surface area contributed by atoms with Gasteiger partial charge in [-0.15, -0.1) is 0 Å². The molecule has 0 fully saturated rings. The van der Waals surface area contributed by atoms with E-state index in [0.29, 0.717) is 10.9 Å². The summed E-state index contributed by atoms with van der Waals surface area (Å²) in [6, 6.07) is 14.1. The number of carbonyl (C=O) groups excluding carboxylic acids is 1. The van der Waals surface area contributed by atoms with Crippen molar-refractivity contribution in [3.8, 4) is 0 Å². The van der Waals surface area contributed by atoms with Crippen molar-refractivity contribution in [2.24, 2.45) is 5.92 Å². The molecular weight excluding hydrogens is 315 g/mol. The molecule has 0 aromatic heterocycles. The van der Waals surface area contributed by atoms with Crippen LogP contribution in [-0.2, 0) is 4.79 Å². The summed E-state index contributed by atoms with van der Waals surface area (Å²) in [5, 5.41) is 6.07. The first kappa shape index (κ1) is 17.4. The van der Waals surface area contributed by atoms with Crippen LogP contribution in [0.15, 0.2) is 48.5 Å². The molecule has 5 heteroatoms. The summed E-state index contributed by atoms with van der Waals surface area (Å²) in [6.07, 6.45) is 0. The predicted octanol–water partition coefficient (Wildman–Crippen LogP) is 4.40. The molecule has 0 aliphatic rings. The highest BCUT2D eigenvalue weighted by Gasteiger charge is 2.16. The Bertz CT molecular complexity index is 661. The van der Waals surface area contributed by atoms with E-state index in [-0.39, 0.29) is 24.2 Å². The van der Waals surface area contributed by atoms with Crippen LogP contribution in [0.3, 0.4) is 0 Å². The molecular formula is C18H20ClFN2O. The van der Waals surface area contributed by atoms with Gasteiger partial charge in [-0.25, -0.2) is 4.39 Å². The number of nitrogens with one attached hydrogen (secondary N) is 2. The number of carbonyl (C=O) groups is 1. The lowest BCUT2D eigenvalue weighted by Crippen LogP contribution is -2.33. The van der Waals surface area contributed by atoms with Gasteiger partial charge in [-0.05, 0) is 29.7 Å². The maximum atomic E-state index is 13.7. The second kappa shape index (κ2) is 8.09. The molecule has 0 aliphatic carbocycles. The summed E-state index contributed by atoms with van der Waals surface area (Å²) in [7, 11) is 0. The van der Waals surface area contributed by atoms with Gasteiger partial charge >= 0.3 is 0 Å². The molecule has 23 heavy (non-hydrogen) atoms. The number of rotatable bonds is 6. The molecule has 1 atom stereocenters. The van der Waals surface area contributed by atoms with E-state index in [1.54, 1.807) is 0 Å². The summed E-state index contributed by atoms with van der Waals surface area (Å²) in [5.74, 6) is -0.528. The van der Waals surface area contributed by atoms with Crippen LogP contribution in [0.4, 0.5) is 10.1 Å². The molecule has 2 aromatic carbocycles. The van der Waals surface area contributed by atoms with Gasteiger partial charge < -0.3 is 10.6 Å². The number of benzene rings is 2. The fourth-order valence-electron chi connectivity index (χ4n) is 2.39. The Kier molecular flexibility index (Phi) is 6.13. The van der Waals surface area contributed by atoms with Gasteiger partial charge in [0.25, 0.3) is 0 Å². The molecule has 122 valence electrons. The molecule has 0 bridgehead atoms. The Morgan fingerprint density at radius 3 is 2.48 bits per heavy atom. The lowest BCUT2D eigenvalue weighted by Gasteiger charge is -2.22. The molecule has 1 amide bonds. The van der Waals surface area contributed by atoms with E-state index in [2.05, 4.69) is 24.5 Å². The molecule has 0 radical (unpaired) electrons. The van der Waals surface area contributed by atoms with E-state index >= 15 is 0 Å². The highest BCUT2D eigenvalue weighted by atomic mass is 35.5. The van der Waals surface area contributed by atoms with E-state index in [9.17, 15) is 9.18 Å². The maximum Gasteiger partial charge on any atom is 0.238 e. The van der Waals surface area contributed by atoms with Crippen molar-refractivity contribution in [2.75, 3.05) is 11.9 Å². The van der Waals surface area contributed by atoms with Crippen LogP contribution >= 0.6 is 11.6 Å². The largest absolute Gasteiger partial charge is 0.322 e. The number of hydrogen-bond donors (Lipinski definition) is 2. The highest BCUT2D eigenvalue weighted by Crippen LogP contribution is 2.21. The highest BCUT2D eigenvalue weighted by molar-refractivity contribution is 6.30. The summed E-state index contributed by atoms with van der Waals surface area (Å²) in [5.41, 5.74) is 1.25. The second-order valence-electron chi connectivity index (χ2n) is 5.69. The van der Waals surface area contributed by atoms with Crippen LogP contribution in [0.25, 0.3) is 0 Å². The zero-order valence-electron chi connectivity index (χ0n) is 13.1. The predicted molar refractivity (Wildman–Crippen MR) is 92.1 cm³/mol. The summed E-state index contributed by atoms with van der Waals surface area (Å²) in [6.45, 7) is 4.27. The normalized spacial score (nSPS) is 12.2. The van der Waals surface area contributed by atoms with E-state index in [1.807, 2.05) is 30.3 Å². The van der Waals surface area contributed by atoms with Crippen LogP contribution < -0.4 is 10.6 Å². The Labute approximate surface area is 140 Å². The van der Waals surface area contributed by atoms with Gasteiger partial charge in [-0.2, -0.15) is 0 Å². The van der Waals surface area contributed by atoms with Crippen molar-refractivity contribution >= 4 is 23.2 Å². The van der Waals surface area contributed by atoms with Crippen molar-refractivity contribution < 1.29 is 9.18 Å². The van der Waals surface area contributed by atoms with Gasteiger partial charge in [0, 0.05) is 11.1 Å². The minimum Gasteiger partial charge on any atom is -0.322 e. The van der Waals surface area contributed by atoms with Gasteiger partial charge in [0.15, 0.2) is 0 Å². The zero-order chi connectivity index (χ0) is 16.8. The van der Waals surface area contributed by atoms with Gasteiger partial charge in [-0.3, -0.25) is 4.79 Å². The number of hydrogen-bond acceptors (Lipinski definition) is 2. The van der Waals surface area contributed by atoms with Crippen LogP contribution in [0.1, 0.15) is 25.5 Å². The molecule has 0 saturated carbocycles. The number of halogens is 2. The lowest BCUT2D eigenvalue weighted by molar-refractivity contribution is -0.115. The fourth-order valence-corrected chi connectivity index (χ4v) is 2.55. The van der Waals surface area contributed by atoms with E-state index < -0.39 is 5.82 Å². The first-order chi connectivity index (χ1) is 11.0. The Morgan fingerprint density at radius 1 is 1.17 bits per heavy atom. The van der Waals surface area contributed by atoms with Crippen LogP contribution in [0.5, 0.6) is 0 Å². The van der Waals surface area contributed by atoms with E-state index in [1.165, 1.54) is 18.2 Å². The molecule has 2 N–H and O–H groups in total. The van der Waals surface area contributed by atoms with Crippen LogP contribution in [0.2, 0.25) is 5.02 Å². The van der Waals surface area contributed by atoms with Gasteiger partial charge in [0.2, 0.25) is 5.91 Å². The monoisotopic (exact) mass is 334 g/mol. The molecule has 0 unspecified atom stereocenters. The van der Waals surface area contributed by atoms with Crippen molar-refractivity contribution in [1.29, 1.82) is 0 Å². The molecule has 0 spiro atoms. The third kappa shape index (κ3) is 5.05. The van der Waals surface area contributed by atoms with Crippen molar-refractivity contribution in [1.82, 2.24) is 5.32 Å². The molecule has 2 aromatic rings. The third-order valence-electron chi connectivity index (χ3n) is 3.51. The fraction of sp³-hybridized carbons (Fsp3) is 0.278. The average Bonchev–Trinajstić information content (AvgIpc) is 2.51. The second-order valence-corrected chi connectivity index (χ2v) is 6.12. The summed E-state index contributed by atoms with van der Waals surface area (Å²) < 4.78 is 13.7. The minimum atomic E-state index is -0.547. The summed E-state index contributed by atoms with van der Waals surface area (Å²) >= 11 is 5.69. The van der Waals surface area contributed by atoms with Gasteiger partial charge in [-0.1, -0.05) is 55.8 Å². The molecule has 2 rings (SSSR count). The first-order valence-electron chi connectivity index (χ1n) is 7.50. The zero-order valence-corrected chi connectivity index (χ0v) is 13.9. The van der Waals surface area contributed by atoms with Crippen molar-refractivity contribution in [2.45, 2.75) is 19.9 Å². The first-order valence-corrected chi connectivity index (χ1v) is 7.88. The minimum absolute atomic E-state index is 0.0528. The smallest absolute Gasteiger partial charge is 0.238 e. The molecule has 0 heterocycles. The van der Waals surface area contributed by atoms with E-state index in [4.69, 9.17) is 11.6 Å². The van der Waals surface area contributed by atoms with Crippen molar-refractivity contribution in [3.05, 3.63) is 64.9 Å². The molecule has 0 saturated heterocycles. The molecule has 3 nitrogen and oxygen atoms in total. The Morgan fingerprint density at radius 2 is 1.87 bits per heavy atom. The molecule has 0 aliphatic heterocycles. The topological polar surface area (TPSA) is 41.1 Å². The van der Waals surface area contributed by atoms with Crippen LogP contribution in [-0.4, -0.2) is 12.5 Å². The third-order valence-corrected chi connectivity index (χ3v) is 3.75. The standard InChI is InChI=1S/C18H20ClFN2O/c1-12(2)18(13-6-4-3-5-7-13)21-11-17(23)22-16-9-8-14(19)10-15(16)20/h3-10,12,18,21H,11H2,1-2H3,(H,22,23)/t18-/m1/s1. The van der Waals surface area contributed by atoms with E-state index in [0.717, 1.165) is 5.56 Å². The summed E-state index contributed by atoms with van der Waals surface area (Å²) in [4.78, 5) is 12.0. The van der Waals surface area contributed by atoms with Gasteiger partial charge in [0.05, 0.1) is 12.2 Å². The lowest BCUT2D eigenvalue weighted by atomic mass is 9.96. The Balaban J connectivity index is 1.97. The number of anilines is 1. The average molecular weight is 335 g/mol. The van der Waals surface area contributed by atoms with Crippen LogP contribution in [0, 0.1) is 11.7 Å². The number of amides is 1. The SMILES string of the molecule is CC(C)[C@@H](NCC(=O)Nc1ccc(Cl)cc1F)c1ccccc1. The van der Waals surface area contributed by atoms with Crippen molar-refractivity contribution in [3.63, 3.8) is 0 Å². The quantitative estimate of drug-likeness (QED) is 0.821. The maximum absolute atomic E-state index is 13.7. The Hall–Kier alpha value is -1.91. The van der Waals surface area contributed by atoms with Gasteiger partial charge in [0.1, 0.15) is 5.82 Å².